The summed E-state index contributed by atoms with van der Waals surface area (Å²) < 4.78 is 51.4. The van der Waals surface area contributed by atoms with Gasteiger partial charge in [0.25, 0.3) is 5.56 Å². The number of ether oxygens (including phenoxy) is 2. The van der Waals surface area contributed by atoms with Gasteiger partial charge >= 0.3 is 19.4 Å². The minimum Gasteiger partial charge on any atom is -0.462 e. The highest BCUT2D eigenvalue weighted by Crippen LogP contribution is 2.47. The maximum Gasteiger partial charge on any atom is 0.459 e. The zero-order chi connectivity index (χ0) is 26.7. The van der Waals surface area contributed by atoms with Crippen molar-refractivity contribution in [2.24, 2.45) is 0 Å². The average molecular weight is 529 g/mol. The van der Waals surface area contributed by atoms with Crippen LogP contribution >= 0.6 is 7.75 Å². The topological polar surface area (TPSA) is 158 Å². The molecule has 14 heteroatoms. The molecule has 0 aliphatic carbocycles. The van der Waals surface area contributed by atoms with Gasteiger partial charge in [0.1, 0.15) is 24.0 Å². The number of halogens is 1. The summed E-state index contributed by atoms with van der Waals surface area (Å²) in [6.07, 6.45) is -4.21. The average Bonchev–Trinajstić information content (AvgIpc) is 3.01. The van der Waals surface area contributed by atoms with Crippen LogP contribution in [-0.2, 0) is 23.4 Å². The summed E-state index contributed by atoms with van der Waals surface area (Å²) in [6.45, 7) is 5.07. The molecule has 0 radical (unpaired) electrons. The van der Waals surface area contributed by atoms with Crippen molar-refractivity contribution in [3.63, 3.8) is 0 Å². The molecule has 12 nitrogen and oxygen atoms in total. The van der Waals surface area contributed by atoms with Crippen LogP contribution in [0.3, 0.4) is 0 Å². The highest BCUT2D eigenvalue weighted by atomic mass is 31.2. The number of nitrogens with zero attached hydrogens (tertiary/aromatic N) is 1. The maximum absolute atomic E-state index is 15.4. The van der Waals surface area contributed by atoms with Gasteiger partial charge in [-0.05, 0) is 39.8 Å². The van der Waals surface area contributed by atoms with Gasteiger partial charge in [-0.15, -0.1) is 0 Å². The van der Waals surface area contributed by atoms with E-state index in [9.17, 15) is 24.1 Å². The van der Waals surface area contributed by atoms with Crippen molar-refractivity contribution < 1.29 is 37.4 Å². The predicted molar refractivity (Wildman–Crippen MR) is 125 cm³/mol. The molecule has 1 unspecified atom stereocenters. The minimum absolute atomic E-state index is 0.152. The van der Waals surface area contributed by atoms with E-state index < -0.39 is 67.8 Å². The number of aliphatic hydroxyl groups excluding tert-OH is 1. The van der Waals surface area contributed by atoms with Crippen molar-refractivity contribution in [3.8, 4) is 5.75 Å². The smallest absolute Gasteiger partial charge is 0.459 e. The monoisotopic (exact) mass is 529 g/mol. The third-order valence-corrected chi connectivity index (χ3v) is 6.90. The van der Waals surface area contributed by atoms with E-state index in [2.05, 4.69) is 5.09 Å². The van der Waals surface area contributed by atoms with Crippen molar-refractivity contribution in [1.29, 1.82) is 0 Å². The first-order valence-electron chi connectivity index (χ1n) is 11.1. The fourth-order valence-corrected chi connectivity index (χ4v) is 4.97. The second-order valence-electron chi connectivity index (χ2n) is 8.67. The second-order valence-corrected chi connectivity index (χ2v) is 10.4. The first kappa shape index (κ1) is 27.8. The van der Waals surface area contributed by atoms with Gasteiger partial charge in [-0.2, -0.15) is 5.09 Å². The number of carbonyl (C=O) groups is 1. The van der Waals surface area contributed by atoms with E-state index >= 15 is 4.39 Å². The van der Waals surface area contributed by atoms with Crippen LogP contribution in [0.15, 0.2) is 52.2 Å². The number of rotatable bonds is 10. The lowest BCUT2D eigenvalue weighted by Gasteiger charge is -2.25. The molecule has 3 N–H and O–H groups in total. The predicted octanol–water partition coefficient (Wildman–Crippen LogP) is 1.66. The summed E-state index contributed by atoms with van der Waals surface area (Å²) in [5, 5.41) is 13.0. The van der Waals surface area contributed by atoms with E-state index in [1.54, 1.807) is 32.0 Å². The Balaban J connectivity index is 1.80. The molecule has 0 amide bonds. The van der Waals surface area contributed by atoms with Crippen LogP contribution < -0.4 is 20.9 Å². The van der Waals surface area contributed by atoms with Gasteiger partial charge in [0.05, 0.1) is 12.7 Å². The van der Waals surface area contributed by atoms with E-state index in [-0.39, 0.29) is 5.75 Å². The number of benzene rings is 1. The number of aromatic amines is 1. The second kappa shape index (κ2) is 11.1. The zero-order valence-electron chi connectivity index (χ0n) is 20.1. The molecule has 1 aromatic heterocycles. The molecule has 0 spiro atoms. The number of hydrogen-bond acceptors (Lipinski definition) is 9. The molecule has 1 aliphatic rings. The number of alkyl halides is 1. The van der Waals surface area contributed by atoms with E-state index in [0.29, 0.717) is 0 Å². The molecular formula is C22H29FN3O9P. The summed E-state index contributed by atoms with van der Waals surface area (Å²) in [6, 6.07) is 7.86. The van der Waals surface area contributed by atoms with Crippen molar-refractivity contribution in [3.05, 3.63) is 63.4 Å². The number of H-pyrrole nitrogens is 1. The van der Waals surface area contributed by atoms with Crippen molar-refractivity contribution in [2.45, 2.75) is 63.9 Å². The van der Waals surface area contributed by atoms with Gasteiger partial charge in [0.15, 0.2) is 11.9 Å². The largest absolute Gasteiger partial charge is 0.462 e. The van der Waals surface area contributed by atoms with E-state index in [4.69, 9.17) is 18.5 Å². The molecule has 3 rings (SSSR count). The van der Waals surface area contributed by atoms with Crippen LogP contribution in [0, 0.1) is 0 Å². The number of carbonyl (C=O) groups excluding carboxylic acids is 1. The van der Waals surface area contributed by atoms with Crippen molar-refractivity contribution in [2.75, 3.05) is 6.61 Å². The summed E-state index contributed by atoms with van der Waals surface area (Å²) in [7, 11) is -4.30. The molecule has 36 heavy (non-hydrogen) atoms. The van der Waals surface area contributed by atoms with Crippen LogP contribution in [0.25, 0.3) is 0 Å². The quantitative estimate of drug-likeness (QED) is 0.305. The Morgan fingerprint density at radius 2 is 1.94 bits per heavy atom. The van der Waals surface area contributed by atoms with Gasteiger partial charge in [0, 0.05) is 12.3 Å². The summed E-state index contributed by atoms with van der Waals surface area (Å²) >= 11 is 0. The molecule has 1 aliphatic heterocycles. The van der Waals surface area contributed by atoms with Crippen LogP contribution in [0.4, 0.5) is 4.39 Å². The van der Waals surface area contributed by atoms with Crippen molar-refractivity contribution >= 4 is 13.7 Å². The normalized spacial score (nSPS) is 26.4. The Morgan fingerprint density at radius 1 is 1.28 bits per heavy atom. The SMILES string of the molecule is CC(C)OC(=O)[C@H](C)N[P@](=O)(OC[C@H]1O[C@@H](n2ccc(=O)[nH]c2=O)[C@](C)(F)C1O)Oc1ccccc1. The van der Waals surface area contributed by atoms with E-state index in [1.807, 2.05) is 4.98 Å². The Kier molecular flexibility index (Phi) is 8.52. The lowest BCUT2D eigenvalue weighted by atomic mass is 9.98. The summed E-state index contributed by atoms with van der Waals surface area (Å²) in [4.78, 5) is 37.7. The highest BCUT2D eigenvalue weighted by molar-refractivity contribution is 7.52. The number of nitrogens with one attached hydrogen (secondary N) is 2. The third kappa shape index (κ3) is 6.48. The molecule has 0 saturated carbocycles. The number of hydrogen-bond donors (Lipinski definition) is 3. The van der Waals surface area contributed by atoms with Crippen LogP contribution in [0.5, 0.6) is 5.75 Å². The van der Waals surface area contributed by atoms with E-state index in [0.717, 1.165) is 23.8 Å². The Morgan fingerprint density at radius 3 is 2.56 bits per heavy atom. The lowest BCUT2D eigenvalue weighted by molar-refractivity contribution is -0.149. The van der Waals surface area contributed by atoms with Crippen LogP contribution in [0.1, 0.15) is 33.9 Å². The standard InChI is InChI=1S/C22H29FN3O9P/c1-13(2)33-19(29)14(3)25-36(31,35-15-8-6-5-7-9-15)32-12-16-18(28)22(4,23)20(34-16)26-11-10-17(27)24-21(26)30/h5-11,13-14,16,18,20,28H,12H2,1-4H3,(H,25,31)(H,24,27,30)/t14-,16+,18?,20+,22+,36-/m0/s1. The van der Waals surface area contributed by atoms with Gasteiger partial charge in [0.2, 0.25) is 0 Å². The molecule has 198 valence electrons. The Hall–Kier alpha value is -2.83. The molecule has 6 atom stereocenters. The first-order valence-corrected chi connectivity index (χ1v) is 12.7. The molecule has 1 fully saturated rings. The van der Waals surface area contributed by atoms with Crippen molar-refractivity contribution in [1.82, 2.24) is 14.6 Å². The van der Waals surface area contributed by atoms with Gasteiger partial charge in [-0.1, -0.05) is 18.2 Å². The highest BCUT2D eigenvalue weighted by Gasteiger charge is 2.55. The lowest BCUT2D eigenvalue weighted by Crippen LogP contribution is -2.43. The number of esters is 1. The molecule has 1 saturated heterocycles. The fourth-order valence-electron chi connectivity index (χ4n) is 3.47. The van der Waals surface area contributed by atoms with Gasteiger partial charge in [-0.25, -0.2) is 13.8 Å². The number of aromatic nitrogens is 2. The fraction of sp³-hybridized carbons (Fsp3) is 0.500. The molecule has 0 bridgehead atoms. The maximum atomic E-state index is 15.4. The van der Waals surface area contributed by atoms with Crippen LogP contribution in [-0.4, -0.2) is 57.3 Å². The Bertz CT molecular complexity index is 1220. The first-order chi connectivity index (χ1) is 16.8. The zero-order valence-corrected chi connectivity index (χ0v) is 21.0. The van der Waals surface area contributed by atoms with Crippen LogP contribution in [0.2, 0.25) is 0 Å². The van der Waals surface area contributed by atoms with Gasteiger partial charge < -0.3 is 19.1 Å². The minimum atomic E-state index is -4.30. The summed E-state index contributed by atoms with van der Waals surface area (Å²) in [5.41, 5.74) is -4.12. The molecular weight excluding hydrogens is 500 g/mol. The third-order valence-electron chi connectivity index (χ3n) is 5.26. The molecule has 2 heterocycles. The number of aliphatic hydroxyl groups is 1. The molecule has 2 aromatic rings. The molecule has 1 aromatic carbocycles. The van der Waals surface area contributed by atoms with E-state index in [1.165, 1.54) is 19.1 Å². The number of para-hydroxylation sites is 1. The summed E-state index contributed by atoms with van der Waals surface area (Å²) in [5.74, 6) is -0.560. The van der Waals surface area contributed by atoms with Gasteiger partial charge in [-0.3, -0.25) is 23.7 Å². The Labute approximate surface area is 205 Å².